The fraction of sp³-hybridized carbons (Fsp3) is 0.286. The zero-order valence-electron chi connectivity index (χ0n) is 16.5. The van der Waals surface area contributed by atoms with Gasteiger partial charge in [0.25, 0.3) is 5.91 Å². The number of pyridine rings is 1. The second-order valence-electron chi connectivity index (χ2n) is 6.73. The smallest absolute Gasteiger partial charge is 0.416 e. The summed E-state index contributed by atoms with van der Waals surface area (Å²) in [6.45, 7) is 4.22. The van der Waals surface area contributed by atoms with E-state index in [9.17, 15) is 18.0 Å². The summed E-state index contributed by atoms with van der Waals surface area (Å²) < 4.78 is 47.0. The van der Waals surface area contributed by atoms with Crippen molar-refractivity contribution in [3.8, 4) is 11.6 Å². The number of nitrogens with zero attached hydrogens (tertiary/aromatic N) is 3. The summed E-state index contributed by atoms with van der Waals surface area (Å²) in [6, 6.07) is 6.27. The molecule has 2 aromatic heterocycles. The Morgan fingerprint density at radius 1 is 1.20 bits per heavy atom. The molecule has 0 bridgehead atoms. The van der Waals surface area contributed by atoms with Gasteiger partial charge >= 0.3 is 6.18 Å². The topological polar surface area (TPSA) is 69.0 Å². The van der Waals surface area contributed by atoms with E-state index < -0.39 is 17.6 Å². The average Bonchev–Trinajstić information content (AvgIpc) is 3.14. The Hall–Kier alpha value is -3.36. The number of aromatic nitrogens is 3. The van der Waals surface area contributed by atoms with Crippen molar-refractivity contribution in [1.29, 1.82) is 0 Å². The van der Waals surface area contributed by atoms with Crippen LogP contribution in [0.2, 0.25) is 0 Å². The molecule has 1 amide bonds. The number of carbonyl (C=O) groups is 1. The lowest BCUT2D eigenvalue weighted by atomic mass is 10.1. The second-order valence-corrected chi connectivity index (χ2v) is 6.73. The van der Waals surface area contributed by atoms with Crippen LogP contribution in [0.3, 0.4) is 0 Å². The van der Waals surface area contributed by atoms with E-state index in [1.165, 1.54) is 35.3 Å². The minimum absolute atomic E-state index is 0.0152. The van der Waals surface area contributed by atoms with Gasteiger partial charge in [0.15, 0.2) is 0 Å². The van der Waals surface area contributed by atoms with Crippen LogP contribution >= 0.6 is 0 Å². The summed E-state index contributed by atoms with van der Waals surface area (Å²) in [7, 11) is 0. The zero-order valence-corrected chi connectivity index (χ0v) is 16.5. The zero-order chi connectivity index (χ0) is 21.7. The maximum Gasteiger partial charge on any atom is 0.416 e. The van der Waals surface area contributed by atoms with Gasteiger partial charge in [0.1, 0.15) is 0 Å². The van der Waals surface area contributed by atoms with E-state index in [2.05, 4.69) is 15.3 Å². The molecule has 0 fully saturated rings. The van der Waals surface area contributed by atoms with Crippen molar-refractivity contribution in [2.75, 3.05) is 11.9 Å². The highest BCUT2D eigenvalue weighted by atomic mass is 19.4. The number of ether oxygens (including phenoxy) is 1. The number of carbonyl (C=O) groups excluding carboxylic acids is 1. The minimum atomic E-state index is -4.57. The molecule has 3 aromatic rings. The molecular weight excluding hydrogens is 397 g/mol. The van der Waals surface area contributed by atoms with Crippen LogP contribution in [0.15, 0.2) is 49.1 Å². The average molecular weight is 418 g/mol. The van der Waals surface area contributed by atoms with E-state index in [4.69, 9.17) is 4.74 Å². The number of hydrogen-bond acceptors (Lipinski definition) is 4. The van der Waals surface area contributed by atoms with Gasteiger partial charge in [-0.15, -0.1) is 0 Å². The molecular formula is C21H21F3N4O2. The second kappa shape index (κ2) is 8.98. The van der Waals surface area contributed by atoms with Gasteiger partial charge in [-0.2, -0.15) is 13.2 Å². The van der Waals surface area contributed by atoms with E-state index in [0.29, 0.717) is 12.3 Å². The van der Waals surface area contributed by atoms with Crippen LogP contribution < -0.4 is 10.1 Å². The molecule has 158 valence electrons. The van der Waals surface area contributed by atoms with Crippen molar-refractivity contribution in [2.24, 2.45) is 0 Å². The van der Waals surface area contributed by atoms with E-state index in [1.54, 1.807) is 13.1 Å². The standard InChI is InChI=1S/C21H21F3N4O2/c1-3-4-7-30-19-8-15(5-6-25-19)20(29)27-17-9-16(21(22,23)24)10-18(11-17)28-12-14(2)26-13-28/h5-6,8-13H,3-4,7H2,1-2H3,(H,27,29). The number of unbranched alkanes of at least 4 members (excludes halogenated alkanes) is 1. The number of imidazole rings is 1. The lowest BCUT2D eigenvalue weighted by molar-refractivity contribution is -0.137. The largest absolute Gasteiger partial charge is 0.478 e. The molecule has 2 heterocycles. The third kappa shape index (κ3) is 5.37. The molecule has 9 heteroatoms. The van der Waals surface area contributed by atoms with E-state index in [0.717, 1.165) is 25.0 Å². The van der Waals surface area contributed by atoms with Crippen molar-refractivity contribution in [3.05, 3.63) is 65.9 Å². The number of alkyl halides is 3. The number of rotatable bonds is 7. The Morgan fingerprint density at radius 2 is 2.00 bits per heavy atom. The SMILES string of the molecule is CCCCOc1cc(C(=O)Nc2cc(-n3cnc(C)c3)cc(C(F)(F)F)c2)ccn1. The van der Waals surface area contributed by atoms with Gasteiger partial charge in [0, 0.05) is 35.4 Å². The Morgan fingerprint density at radius 3 is 2.67 bits per heavy atom. The molecule has 0 atom stereocenters. The molecule has 0 unspecified atom stereocenters. The van der Waals surface area contributed by atoms with Crippen molar-refractivity contribution in [2.45, 2.75) is 32.9 Å². The molecule has 0 saturated heterocycles. The quantitative estimate of drug-likeness (QED) is 0.547. The van der Waals surface area contributed by atoms with Gasteiger partial charge in [-0.05, 0) is 37.6 Å². The lowest BCUT2D eigenvalue weighted by Gasteiger charge is -2.14. The Kier molecular flexibility index (Phi) is 6.39. The van der Waals surface area contributed by atoms with Crippen LogP contribution in [0, 0.1) is 6.92 Å². The van der Waals surface area contributed by atoms with Crippen LogP contribution in [0.1, 0.15) is 41.4 Å². The van der Waals surface area contributed by atoms with Crippen LogP contribution in [-0.2, 0) is 6.18 Å². The number of nitrogens with one attached hydrogen (secondary N) is 1. The first-order valence-corrected chi connectivity index (χ1v) is 9.39. The molecule has 1 N–H and O–H groups in total. The summed E-state index contributed by atoms with van der Waals surface area (Å²) in [5, 5.41) is 2.53. The first kappa shape index (κ1) is 21.4. The Bertz CT molecular complexity index is 1030. The van der Waals surface area contributed by atoms with Crippen LogP contribution in [0.25, 0.3) is 5.69 Å². The maximum atomic E-state index is 13.4. The van der Waals surface area contributed by atoms with Gasteiger partial charge in [-0.25, -0.2) is 9.97 Å². The van der Waals surface area contributed by atoms with Gasteiger partial charge in [0.2, 0.25) is 5.88 Å². The Labute approximate surface area is 171 Å². The number of benzene rings is 1. The highest BCUT2D eigenvalue weighted by molar-refractivity contribution is 6.04. The highest BCUT2D eigenvalue weighted by Crippen LogP contribution is 2.33. The highest BCUT2D eigenvalue weighted by Gasteiger charge is 2.31. The summed E-state index contributed by atoms with van der Waals surface area (Å²) in [4.78, 5) is 20.7. The van der Waals surface area contributed by atoms with Crippen LogP contribution in [-0.4, -0.2) is 27.0 Å². The third-order valence-corrected chi connectivity index (χ3v) is 4.26. The molecule has 0 aliphatic rings. The third-order valence-electron chi connectivity index (χ3n) is 4.26. The maximum absolute atomic E-state index is 13.4. The normalized spacial score (nSPS) is 11.4. The molecule has 6 nitrogen and oxygen atoms in total. The molecule has 0 radical (unpaired) electrons. The molecule has 3 rings (SSSR count). The molecule has 0 saturated carbocycles. The van der Waals surface area contributed by atoms with E-state index in [-0.39, 0.29) is 22.8 Å². The first-order valence-electron chi connectivity index (χ1n) is 9.39. The number of amides is 1. The summed E-state index contributed by atoms with van der Waals surface area (Å²) in [5.74, 6) is -0.278. The first-order chi connectivity index (χ1) is 14.3. The van der Waals surface area contributed by atoms with Crippen LogP contribution in [0.5, 0.6) is 5.88 Å². The van der Waals surface area contributed by atoms with Crippen molar-refractivity contribution < 1.29 is 22.7 Å². The predicted octanol–water partition coefficient (Wildman–Crippen LogP) is 5.03. The van der Waals surface area contributed by atoms with Gasteiger partial charge < -0.3 is 14.6 Å². The fourth-order valence-corrected chi connectivity index (χ4v) is 2.71. The Balaban J connectivity index is 1.86. The molecule has 1 aromatic carbocycles. The minimum Gasteiger partial charge on any atom is -0.478 e. The summed E-state index contributed by atoms with van der Waals surface area (Å²) in [5.41, 5.74) is 0.264. The van der Waals surface area contributed by atoms with E-state index >= 15 is 0 Å². The molecule has 0 aliphatic heterocycles. The number of aryl methyl sites for hydroxylation is 1. The van der Waals surface area contributed by atoms with Crippen molar-refractivity contribution in [1.82, 2.24) is 14.5 Å². The molecule has 0 aliphatic carbocycles. The number of halogens is 3. The van der Waals surface area contributed by atoms with Crippen LogP contribution in [0.4, 0.5) is 18.9 Å². The monoisotopic (exact) mass is 418 g/mol. The summed E-state index contributed by atoms with van der Waals surface area (Å²) in [6.07, 6.45) is 1.67. The number of anilines is 1. The predicted molar refractivity (Wildman–Crippen MR) is 106 cm³/mol. The molecule has 30 heavy (non-hydrogen) atoms. The van der Waals surface area contributed by atoms with E-state index in [1.807, 2.05) is 6.92 Å². The van der Waals surface area contributed by atoms with Gasteiger partial charge in [0.05, 0.1) is 24.2 Å². The van der Waals surface area contributed by atoms with Gasteiger partial charge in [-0.1, -0.05) is 13.3 Å². The number of hydrogen-bond donors (Lipinski definition) is 1. The fourth-order valence-electron chi connectivity index (χ4n) is 2.71. The van der Waals surface area contributed by atoms with Crippen molar-refractivity contribution >= 4 is 11.6 Å². The van der Waals surface area contributed by atoms with Crippen molar-refractivity contribution in [3.63, 3.8) is 0 Å². The lowest BCUT2D eigenvalue weighted by Crippen LogP contribution is -2.14. The summed E-state index contributed by atoms with van der Waals surface area (Å²) >= 11 is 0. The molecule has 0 spiro atoms. The van der Waals surface area contributed by atoms with Gasteiger partial charge in [-0.3, -0.25) is 4.79 Å².